The molecule has 0 atom stereocenters. The van der Waals surface area contributed by atoms with Crippen molar-refractivity contribution in [2.24, 2.45) is 5.73 Å². The molecule has 0 bridgehead atoms. The first-order valence-electron chi connectivity index (χ1n) is 6.00. The molecule has 0 spiro atoms. The van der Waals surface area contributed by atoms with Crippen molar-refractivity contribution >= 4 is 22.2 Å². The Kier molecular flexibility index (Phi) is 4.49. The van der Waals surface area contributed by atoms with Gasteiger partial charge in [0.15, 0.2) is 0 Å². The number of carbonyl (C=O) groups is 1. The highest BCUT2D eigenvalue weighted by molar-refractivity contribution is 7.16. The number of nitrogens with one attached hydrogen (secondary N) is 1. The number of anilines is 1. The maximum Gasteiger partial charge on any atom is 0.245 e. The number of hydrogen-bond donors (Lipinski definition) is 2. The summed E-state index contributed by atoms with van der Waals surface area (Å²) >= 11 is 1.42. The molecule has 0 aliphatic rings. The molecule has 0 unspecified atom stereocenters. The predicted octanol–water partition coefficient (Wildman–Crippen LogP) is 2.69. The molecule has 0 fully saturated rings. The van der Waals surface area contributed by atoms with Crippen molar-refractivity contribution in [3.05, 3.63) is 16.0 Å². The fraction of sp³-hybridized carbons (Fsp3) is 0.538. The van der Waals surface area contributed by atoms with E-state index >= 15 is 0 Å². The van der Waals surface area contributed by atoms with Crippen LogP contribution in [-0.2, 0) is 4.79 Å². The molecule has 1 aromatic heterocycles. The minimum Gasteiger partial charge on any atom is -0.317 e. The van der Waals surface area contributed by atoms with E-state index in [2.05, 4.69) is 11.4 Å². The van der Waals surface area contributed by atoms with Crippen molar-refractivity contribution < 1.29 is 4.79 Å². The first kappa shape index (κ1) is 14.7. The van der Waals surface area contributed by atoms with Crippen molar-refractivity contribution in [2.45, 2.75) is 46.1 Å². The van der Waals surface area contributed by atoms with Crippen LogP contribution in [0.5, 0.6) is 0 Å². The zero-order chi connectivity index (χ0) is 13.9. The lowest BCUT2D eigenvalue weighted by molar-refractivity contribution is -0.121. The molecule has 1 rings (SSSR count). The summed E-state index contributed by atoms with van der Waals surface area (Å²) in [4.78, 5) is 13.2. The van der Waals surface area contributed by atoms with Gasteiger partial charge in [0.2, 0.25) is 5.91 Å². The number of rotatable bonds is 4. The Morgan fingerprint density at radius 3 is 2.44 bits per heavy atom. The Hall–Kier alpha value is -1.38. The molecular weight excluding hydrogens is 246 g/mol. The Morgan fingerprint density at radius 1 is 1.44 bits per heavy atom. The smallest absolute Gasteiger partial charge is 0.245 e. The van der Waals surface area contributed by atoms with Gasteiger partial charge in [-0.25, -0.2) is 0 Å². The van der Waals surface area contributed by atoms with Crippen LogP contribution in [0.4, 0.5) is 5.00 Å². The highest BCUT2D eigenvalue weighted by atomic mass is 32.1. The summed E-state index contributed by atoms with van der Waals surface area (Å²) in [6, 6.07) is 2.13. The van der Waals surface area contributed by atoms with Gasteiger partial charge in [-0.1, -0.05) is 13.8 Å². The fourth-order valence-corrected chi connectivity index (χ4v) is 2.65. The summed E-state index contributed by atoms with van der Waals surface area (Å²) in [6.07, 6.45) is 1.14. The number of aryl methyl sites for hydroxylation is 1. The maximum atomic E-state index is 12.1. The lowest BCUT2D eigenvalue weighted by atomic mass is 9.93. The summed E-state index contributed by atoms with van der Waals surface area (Å²) < 4.78 is 0. The van der Waals surface area contributed by atoms with Gasteiger partial charge < -0.3 is 11.1 Å². The summed E-state index contributed by atoms with van der Waals surface area (Å²) in [5.74, 6) is -0.217. The van der Waals surface area contributed by atoms with E-state index in [1.165, 1.54) is 11.3 Å². The molecule has 0 aliphatic heterocycles. The normalized spacial score (nSPS) is 11.1. The van der Waals surface area contributed by atoms with Crippen molar-refractivity contribution in [3.63, 3.8) is 0 Å². The van der Waals surface area contributed by atoms with Crippen LogP contribution in [0.15, 0.2) is 0 Å². The highest BCUT2D eigenvalue weighted by Gasteiger charge is 2.31. The van der Waals surface area contributed by atoms with E-state index in [0.717, 1.165) is 10.4 Å². The molecule has 1 heterocycles. The standard InChI is InChI=1S/C13H19N3OS/c1-5-13(15,6-2)12(17)16-11-10(7-14)8(3)9(4)18-11/h5-6,15H2,1-4H3,(H,16,17). The second-order valence-corrected chi connectivity index (χ2v) is 5.64. The van der Waals surface area contributed by atoms with E-state index in [-0.39, 0.29) is 5.91 Å². The third-order valence-corrected chi connectivity index (χ3v) is 4.56. The Labute approximate surface area is 112 Å². The van der Waals surface area contributed by atoms with Gasteiger partial charge in [0.25, 0.3) is 0 Å². The molecule has 0 saturated carbocycles. The topological polar surface area (TPSA) is 78.9 Å². The van der Waals surface area contributed by atoms with Crippen LogP contribution >= 0.6 is 11.3 Å². The summed E-state index contributed by atoms with van der Waals surface area (Å²) in [5.41, 5.74) is 6.64. The Morgan fingerprint density at radius 2 is 2.00 bits per heavy atom. The number of nitriles is 1. The molecule has 4 nitrogen and oxygen atoms in total. The van der Waals surface area contributed by atoms with Crippen molar-refractivity contribution in [3.8, 4) is 6.07 Å². The SMILES string of the molecule is CCC(N)(CC)C(=O)Nc1sc(C)c(C)c1C#N. The molecular formula is C13H19N3OS. The molecule has 0 aromatic carbocycles. The van der Waals surface area contributed by atoms with Gasteiger partial charge in [-0.3, -0.25) is 4.79 Å². The van der Waals surface area contributed by atoms with Gasteiger partial charge in [0, 0.05) is 4.88 Å². The minimum atomic E-state index is -0.863. The molecule has 98 valence electrons. The molecule has 18 heavy (non-hydrogen) atoms. The van der Waals surface area contributed by atoms with Gasteiger partial charge >= 0.3 is 0 Å². The lowest BCUT2D eigenvalue weighted by Gasteiger charge is -2.24. The van der Waals surface area contributed by atoms with E-state index < -0.39 is 5.54 Å². The van der Waals surface area contributed by atoms with Gasteiger partial charge in [-0.15, -0.1) is 11.3 Å². The van der Waals surface area contributed by atoms with E-state index in [9.17, 15) is 4.79 Å². The summed E-state index contributed by atoms with van der Waals surface area (Å²) in [7, 11) is 0. The number of thiophene rings is 1. The van der Waals surface area contributed by atoms with Crippen molar-refractivity contribution in [1.29, 1.82) is 5.26 Å². The number of hydrogen-bond acceptors (Lipinski definition) is 4. The van der Waals surface area contributed by atoms with Crippen LogP contribution in [0, 0.1) is 25.2 Å². The third kappa shape index (κ3) is 2.55. The molecule has 1 amide bonds. The zero-order valence-electron chi connectivity index (χ0n) is 11.3. The third-order valence-electron chi connectivity index (χ3n) is 3.44. The minimum absolute atomic E-state index is 0.217. The van der Waals surface area contributed by atoms with Gasteiger partial charge in [-0.2, -0.15) is 5.26 Å². The first-order chi connectivity index (χ1) is 8.39. The molecule has 0 saturated heterocycles. The summed E-state index contributed by atoms with van der Waals surface area (Å²) in [5, 5.41) is 12.5. The lowest BCUT2D eigenvalue weighted by Crippen LogP contribution is -2.50. The second kappa shape index (κ2) is 5.51. The number of amides is 1. The summed E-state index contributed by atoms with van der Waals surface area (Å²) in [6.45, 7) is 7.60. The molecule has 0 aliphatic carbocycles. The number of nitrogens with two attached hydrogens (primary N) is 1. The largest absolute Gasteiger partial charge is 0.317 e. The Balaban J connectivity index is 3.03. The van der Waals surface area contributed by atoms with Crippen LogP contribution in [0.1, 0.15) is 42.7 Å². The van der Waals surface area contributed by atoms with Crippen molar-refractivity contribution in [2.75, 3.05) is 5.32 Å². The predicted molar refractivity (Wildman–Crippen MR) is 74.6 cm³/mol. The Bertz CT molecular complexity index is 495. The molecule has 0 radical (unpaired) electrons. The van der Waals surface area contributed by atoms with Gasteiger partial charge in [-0.05, 0) is 32.3 Å². The maximum absolute atomic E-state index is 12.1. The van der Waals surface area contributed by atoms with Crippen LogP contribution in [-0.4, -0.2) is 11.4 Å². The van der Waals surface area contributed by atoms with Crippen LogP contribution < -0.4 is 11.1 Å². The van der Waals surface area contributed by atoms with Crippen LogP contribution in [0.3, 0.4) is 0 Å². The van der Waals surface area contributed by atoms with Crippen LogP contribution in [0.2, 0.25) is 0 Å². The van der Waals surface area contributed by atoms with Crippen molar-refractivity contribution in [1.82, 2.24) is 0 Å². The van der Waals surface area contributed by atoms with E-state index in [1.807, 2.05) is 27.7 Å². The average Bonchev–Trinajstić information content (AvgIpc) is 2.63. The molecule has 1 aromatic rings. The zero-order valence-corrected chi connectivity index (χ0v) is 12.1. The van der Waals surface area contributed by atoms with Crippen LogP contribution in [0.25, 0.3) is 0 Å². The fourth-order valence-electron chi connectivity index (χ4n) is 1.65. The average molecular weight is 265 g/mol. The number of nitrogens with zero attached hydrogens (tertiary/aromatic N) is 1. The second-order valence-electron chi connectivity index (χ2n) is 4.42. The van der Waals surface area contributed by atoms with E-state index in [0.29, 0.717) is 23.4 Å². The van der Waals surface area contributed by atoms with Gasteiger partial charge in [0.1, 0.15) is 11.1 Å². The van der Waals surface area contributed by atoms with E-state index in [4.69, 9.17) is 11.0 Å². The quantitative estimate of drug-likeness (QED) is 0.878. The first-order valence-corrected chi connectivity index (χ1v) is 6.81. The van der Waals surface area contributed by atoms with E-state index in [1.54, 1.807) is 0 Å². The van der Waals surface area contributed by atoms with Gasteiger partial charge in [0.05, 0.1) is 11.1 Å². The number of carbonyl (C=O) groups excluding carboxylic acids is 1. The molecule has 3 N–H and O–H groups in total. The highest BCUT2D eigenvalue weighted by Crippen LogP contribution is 2.32. The molecule has 5 heteroatoms. The monoisotopic (exact) mass is 265 g/mol.